The summed E-state index contributed by atoms with van der Waals surface area (Å²) in [6.45, 7) is 2.98. The van der Waals surface area contributed by atoms with Crippen LogP contribution in [0.5, 0.6) is 5.75 Å². The highest BCUT2D eigenvalue weighted by Crippen LogP contribution is 2.56. The molecule has 1 aliphatic rings. The fourth-order valence-electron chi connectivity index (χ4n) is 2.24. The van der Waals surface area contributed by atoms with Crippen LogP contribution in [0.4, 0.5) is 5.95 Å². The number of nitrogens with one attached hydrogen (secondary N) is 2. The fourth-order valence-corrected chi connectivity index (χ4v) is 3.56. The lowest BCUT2D eigenvalue weighted by Gasteiger charge is -2.42. The average Bonchev–Trinajstić information content (AvgIpc) is 3.28. The number of nitrogens with zero attached hydrogens (tertiary/aromatic N) is 2. The smallest absolute Gasteiger partial charge is 0.252 e. The fraction of sp³-hybridized carbons (Fsp3) is 0.353. The Hall–Kier alpha value is -2.36. The van der Waals surface area contributed by atoms with Gasteiger partial charge in [-0.1, -0.05) is 17.7 Å². The van der Waals surface area contributed by atoms with Crippen molar-refractivity contribution in [2.75, 3.05) is 12.4 Å². The first-order valence-corrected chi connectivity index (χ1v) is 9.70. The number of aromatic amines is 1. The van der Waals surface area contributed by atoms with Crippen molar-refractivity contribution in [1.82, 2.24) is 15.2 Å². The van der Waals surface area contributed by atoms with Crippen molar-refractivity contribution < 1.29 is 18.6 Å². The molecule has 140 valence electrons. The molecule has 0 aliphatic heterocycles. The number of aromatic nitrogens is 3. The maximum Gasteiger partial charge on any atom is 0.252 e. The number of anilines is 1. The van der Waals surface area contributed by atoms with E-state index < -0.39 is 21.2 Å². The van der Waals surface area contributed by atoms with Gasteiger partial charge in [0.15, 0.2) is 5.82 Å². The van der Waals surface area contributed by atoms with E-state index >= 15 is 0 Å². The van der Waals surface area contributed by atoms with Gasteiger partial charge in [0.05, 0.1) is 12.7 Å². The molecule has 1 heterocycles. The number of allylic oxidation sites excluding steroid dienone is 1. The van der Waals surface area contributed by atoms with Crippen molar-refractivity contribution in [3.05, 3.63) is 35.2 Å². The molecule has 0 unspecified atom stereocenters. The third-order valence-corrected chi connectivity index (χ3v) is 6.59. The number of para-hydroxylation sites is 1. The van der Waals surface area contributed by atoms with Crippen molar-refractivity contribution in [3.8, 4) is 17.1 Å². The van der Waals surface area contributed by atoms with Crippen LogP contribution in [0.3, 0.4) is 0 Å². The van der Waals surface area contributed by atoms with Gasteiger partial charge in [0.25, 0.3) is 5.91 Å². The Labute approximate surface area is 153 Å². The average molecular weight is 378 g/mol. The number of amides is 1. The molecular weight excluding hydrogens is 356 g/mol. The first-order chi connectivity index (χ1) is 12.2. The summed E-state index contributed by atoms with van der Waals surface area (Å²) in [5, 5.41) is 10.7. The van der Waals surface area contributed by atoms with E-state index in [1.165, 1.54) is 19.3 Å². The normalized spacial score (nSPS) is 14.7. The second-order valence-electron chi connectivity index (χ2n) is 6.54. The minimum Gasteiger partial charge on any atom is -0.496 e. The first-order valence-electron chi connectivity index (χ1n) is 8.09. The summed E-state index contributed by atoms with van der Waals surface area (Å²) in [6.07, 6.45) is 1.69. The number of hydrogen-bond acceptors (Lipinski definition) is 6. The second-order valence-corrected chi connectivity index (χ2v) is 8.98. The lowest BCUT2D eigenvalue weighted by Crippen LogP contribution is -2.41. The lowest BCUT2D eigenvalue weighted by atomic mass is 10.2. The predicted octanol–water partition coefficient (Wildman–Crippen LogP) is 3.63. The Morgan fingerprint density at radius 3 is 2.69 bits per heavy atom. The quantitative estimate of drug-likeness (QED) is 0.609. The molecule has 0 bridgehead atoms. The molecule has 0 atom stereocenters. The van der Waals surface area contributed by atoms with Gasteiger partial charge in [0.1, 0.15) is 10.5 Å². The zero-order chi connectivity index (χ0) is 18.9. The molecule has 1 aliphatic carbocycles. The number of carbonyl (C=O) groups excluding carboxylic acids is 1. The highest BCUT2D eigenvalue weighted by atomic mass is 32.3. The Morgan fingerprint density at radius 2 is 2.04 bits per heavy atom. The number of rotatable bonds is 6. The Balaban J connectivity index is 1.78. The van der Waals surface area contributed by atoms with E-state index in [1.54, 1.807) is 13.2 Å². The standard InChI is InChI=1S/C17H22N4O4S/c1-17(2,26(23,24)10-11-8-9-11)15(22)19-16-18-14(20-21-16)12-6-4-5-7-13(12)25-3/h4-7,10,23-24H,8-9H2,1-3H3,(H2,18,19,20,21,22). The third kappa shape index (κ3) is 3.59. The summed E-state index contributed by atoms with van der Waals surface area (Å²) >= 11 is 0. The van der Waals surface area contributed by atoms with Crippen LogP contribution in [0, 0.1) is 0 Å². The number of methoxy groups -OCH3 is 1. The largest absolute Gasteiger partial charge is 0.496 e. The molecule has 8 nitrogen and oxygen atoms in total. The van der Waals surface area contributed by atoms with Crippen LogP contribution >= 0.6 is 10.6 Å². The predicted molar refractivity (Wildman–Crippen MR) is 101 cm³/mol. The summed E-state index contributed by atoms with van der Waals surface area (Å²) in [5.74, 6) is 0.535. The summed E-state index contributed by atoms with van der Waals surface area (Å²) in [4.78, 5) is 16.8. The Kier molecular flexibility index (Phi) is 4.78. The second kappa shape index (κ2) is 6.75. The maximum atomic E-state index is 12.6. The summed E-state index contributed by atoms with van der Waals surface area (Å²) in [6, 6.07) is 7.28. The van der Waals surface area contributed by atoms with Crippen LogP contribution in [0.1, 0.15) is 26.7 Å². The molecule has 0 spiro atoms. The number of ether oxygens (including phenoxy) is 1. The van der Waals surface area contributed by atoms with Crippen LogP contribution in [0.25, 0.3) is 11.4 Å². The molecule has 0 radical (unpaired) electrons. The first kappa shape index (κ1) is 18.4. The van der Waals surface area contributed by atoms with Gasteiger partial charge in [-0.2, -0.15) is 15.6 Å². The van der Waals surface area contributed by atoms with Crippen molar-refractivity contribution in [1.29, 1.82) is 0 Å². The zero-order valence-electron chi connectivity index (χ0n) is 14.8. The van der Waals surface area contributed by atoms with Crippen LogP contribution in [0.2, 0.25) is 0 Å². The van der Waals surface area contributed by atoms with Gasteiger partial charge in [0.2, 0.25) is 5.95 Å². The van der Waals surface area contributed by atoms with Gasteiger partial charge >= 0.3 is 0 Å². The maximum absolute atomic E-state index is 12.6. The van der Waals surface area contributed by atoms with Gasteiger partial charge in [-0.05, 0) is 38.8 Å². The molecule has 9 heteroatoms. The Bertz CT molecular complexity index is 854. The molecule has 1 saturated carbocycles. The van der Waals surface area contributed by atoms with E-state index in [2.05, 4.69) is 20.5 Å². The molecule has 3 rings (SSSR count). The summed E-state index contributed by atoms with van der Waals surface area (Å²) in [5.41, 5.74) is 1.66. The highest BCUT2D eigenvalue weighted by Gasteiger charge is 2.41. The molecule has 4 N–H and O–H groups in total. The molecule has 1 fully saturated rings. The number of H-pyrrole nitrogens is 1. The molecule has 1 aromatic carbocycles. The molecule has 2 aromatic rings. The van der Waals surface area contributed by atoms with Crippen molar-refractivity contribution >= 4 is 22.4 Å². The SMILES string of the molecule is COc1ccccc1-c1nc(NC(=O)C(C)(C)S(O)(O)C=C2CC2)n[nH]1. The number of hydrogen-bond donors (Lipinski definition) is 4. The van der Waals surface area contributed by atoms with E-state index in [0.717, 1.165) is 18.4 Å². The van der Waals surface area contributed by atoms with Crippen LogP contribution < -0.4 is 10.1 Å². The van der Waals surface area contributed by atoms with Gasteiger partial charge < -0.3 is 4.74 Å². The molecule has 0 saturated heterocycles. The molecule has 1 amide bonds. The van der Waals surface area contributed by atoms with Gasteiger partial charge in [-0.25, -0.2) is 0 Å². The highest BCUT2D eigenvalue weighted by molar-refractivity contribution is 8.28. The number of benzene rings is 1. The minimum atomic E-state index is -3.23. The van der Waals surface area contributed by atoms with E-state index in [-0.39, 0.29) is 5.95 Å². The van der Waals surface area contributed by atoms with Gasteiger partial charge in [0, 0.05) is 5.41 Å². The van der Waals surface area contributed by atoms with E-state index in [4.69, 9.17) is 4.74 Å². The third-order valence-electron chi connectivity index (χ3n) is 4.24. The lowest BCUT2D eigenvalue weighted by molar-refractivity contribution is -0.118. The summed E-state index contributed by atoms with van der Waals surface area (Å²) in [7, 11) is -1.68. The topological polar surface area (TPSA) is 120 Å². The molecule has 1 aromatic heterocycles. The van der Waals surface area contributed by atoms with E-state index in [1.807, 2.05) is 18.2 Å². The van der Waals surface area contributed by atoms with Crippen LogP contribution in [-0.2, 0) is 4.79 Å². The molecular formula is C17H22N4O4S. The number of carbonyl (C=O) groups is 1. The van der Waals surface area contributed by atoms with Gasteiger partial charge in [-0.3, -0.25) is 24.3 Å². The van der Waals surface area contributed by atoms with Crippen molar-refractivity contribution in [2.45, 2.75) is 31.4 Å². The minimum absolute atomic E-state index is 0.0539. The van der Waals surface area contributed by atoms with E-state index in [9.17, 15) is 13.9 Å². The van der Waals surface area contributed by atoms with Crippen LogP contribution in [-0.4, -0.2) is 42.1 Å². The Morgan fingerprint density at radius 1 is 1.35 bits per heavy atom. The van der Waals surface area contributed by atoms with Crippen LogP contribution in [0.15, 0.2) is 35.2 Å². The van der Waals surface area contributed by atoms with Gasteiger partial charge in [-0.15, -0.1) is 5.10 Å². The summed E-state index contributed by atoms with van der Waals surface area (Å²) < 4.78 is 24.7. The zero-order valence-corrected chi connectivity index (χ0v) is 15.6. The van der Waals surface area contributed by atoms with E-state index in [0.29, 0.717) is 17.1 Å². The monoisotopic (exact) mass is 378 g/mol. The molecule has 26 heavy (non-hydrogen) atoms. The van der Waals surface area contributed by atoms with Crippen molar-refractivity contribution in [2.24, 2.45) is 0 Å². The van der Waals surface area contributed by atoms with Crippen molar-refractivity contribution in [3.63, 3.8) is 0 Å².